The molecule has 1 saturated heterocycles. The maximum Gasteiger partial charge on any atom is 0.253 e. The predicted molar refractivity (Wildman–Crippen MR) is 258 cm³/mol. The van der Waals surface area contributed by atoms with Crippen molar-refractivity contribution in [3.8, 4) is 0 Å². The molecule has 19 heteroatoms. The summed E-state index contributed by atoms with van der Waals surface area (Å²) in [6, 6.07) is 6.57. The fourth-order valence-electron chi connectivity index (χ4n) is 9.65. The van der Waals surface area contributed by atoms with Crippen LogP contribution < -0.4 is 27.1 Å². The van der Waals surface area contributed by atoms with Crippen LogP contribution in [-0.4, -0.2) is 151 Å². The van der Waals surface area contributed by atoms with E-state index in [-0.39, 0.29) is 78.6 Å². The van der Waals surface area contributed by atoms with E-state index in [9.17, 15) is 33.6 Å². The molecule has 9 atom stereocenters. The van der Waals surface area contributed by atoms with E-state index in [1.54, 1.807) is 37.9 Å². The number of hydrogen-bond acceptors (Lipinski definition) is 13. The van der Waals surface area contributed by atoms with Gasteiger partial charge in [0, 0.05) is 60.0 Å². The average molecular weight is 951 g/mol. The molecule has 1 unspecified atom stereocenters. The summed E-state index contributed by atoms with van der Waals surface area (Å²) in [7, 11) is 6.37. The van der Waals surface area contributed by atoms with Gasteiger partial charge in [-0.3, -0.25) is 43.9 Å². The molecule has 1 aromatic carbocycles. The summed E-state index contributed by atoms with van der Waals surface area (Å²) in [5, 5.41) is 10.4. The number of benzene rings is 1. The van der Waals surface area contributed by atoms with Crippen molar-refractivity contribution in [2.45, 2.75) is 149 Å². The number of ether oxygens (including phenoxy) is 2. The summed E-state index contributed by atoms with van der Waals surface area (Å²) in [4.78, 5) is 100. The molecule has 0 bridgehead atoms. The molecule has 7 amide bonds. The number of methoxy groups -OCH3 is 2. The monoisotopic (exact) mass is 951 g/mol. The second-order valence-corrected chi connectivity index (χ2v) is 19.1. The number of nitrogens with zero attached hydrogens (tertiary/aromatic N) is 5. The Morgan fingerprint density at radius 3 is 2.12 bits per heavy atom. The molecule has 1 aromatic rings. The van der Waals surface area contributed by atoms with Gasteiger partial charge in [0.25, 0.3) is 11.8 Å². The average Bonchev–Trinajstić information content (AvgIpc) is 4.10. The molecule has 3 heterocycles. The molecule has 0 aromatic heterocycles. The molecule has 19 nitrogen and oxygen atoms in total. The van der Waals surface area contributed by atoms with E-state index >= 15 is 0 Å². The number of hydrazine groups is 2. The van der Waals surface area contributed by atoms with E-state index in [4.69, 9.17) is 9.47 Å². The van der Waals surface area contributed by atoms with Gasteiger partial charge in [0.2, 0.25) is 29.5 Å². The van der Waals surface area contributed by atoms with Gasteiger partial charge >= 0.3 is 0 Å². The van der Waals surface area contributed by atoms with Crippen LogP contribution in [0, 0.1) is 23.7 Å². The van der Waals surface area contributed by atoms with Crippen LogP contribution in [0.1, 0.15) is 105 Å². The van der Waals surface area contributed by atoms with Crippen LogP contribution in [0.2, 0.25) is 0 Å². The zero-order chi connectivity index (χ0) is 50.2. The third-order valence-electron chi connectivity index (χ3n) is 13.7. The maximum absolute atomic E-state index is 14.6. The standard InChI is InChI=1S/C49H78N10O9/c1-12-32(6)44(57(9)49(66)42(30(2)3)51-48(65)43(31(4)5)56(8)38(60)23-17-14-18-26-59-39(61)24-25-40(59)62)37(67-10)29-41(63)58-27-19-22-36(58)45(68-11)33(7)47(64)50-35(46-52-54-55-53-46)28-34-20-15-13-16-21-34/h13,15-16,20-21,24-25,30-33,35-37,42-45,54-55H,12,14,17-19,22-23,26-29H2,1-11H3,(H,50,64)(H,51,65)(H,52,53)/t32-,33+,35-,36-,37+,42-,43?,44-,45+/m0/s1. The number of imide groups is 1. The number of rotatable bonds is 27. The molecule has 5 N–H and O–H groups in total. The lowest BCUT2D eigenvalue weighted by Crippen LogP contribution is -2.60. The number of nitrogens with one attached hydrogen (secondary N) is 5. The first-order valence-corrected chi connectivity index (χ1v) is 24.3. The van der Waals surface area contributed by atoms with Crippen LogP contribution in [0.3, 0.4) is 0 Å². The predicted octanol–water partition coefficient (Wildman–Crippen LogP) is 2.67. The van der Waals surface area contributed by atoms with Crippen molar-refractivity contribution < 1.29 is 43.0 Å². The number of amides is 7. The molecule has 4 rings (SSSR count). The van der Waals surface area contributed by atoms with Gasteiger partial charge < -0.3 is 34.8 Å². The fourth-order valence-corrected chi connectivity index (χ4v) is 9.65. The number of amidine groups is 1. The number of likely N-dealkylation sites (tertiary alicyclic amines) is 1. The van der Waals surface area contributed by atoms with Crippen molar-refractivity contribution in [2.24, 2.45) is 28.8 Å². The van der Waals surface area contributed by atoms with Gasteiger partial charge in [-0.05, 0) is 55.4 Å². The molecule has 0 aliphatic carbocycles. The quantitative estimate of drug-likeness (QED) is 0.0635. The molecular formula is C49H78N10O9. The van der Waals surface area contributed by atoms with Crippen molar-refractivity contribution in [1.82, 2.24) is 46.7 Å². The van der Waals surface area contributed by atoms with Crippen molar-refractivity contribution in [3.05, 3.63) is 48.0 Å². The SMILES string of the molecule is CC[C@H](C)[C@@H]([C@@H](CC(=O)N1CCC[C@H]1[C@H](OC)[C@@H](C)C(=O)N[C@@H](Cc1ccccc1)C1=NNNN1)OC)N(C)C(=O)[C@@H](NC(=O)C(C(C)C)N(C)C(=O)CCCCCN1C(=O)C=CC1=O)C(C)C. The van der Waals surface area contributed by atoms with Gasteiger partial charge in [-0.15, -0.1) is 10.6 Å². The lowest BCUT2D eigenvalue weighted by Gasteiger charge is -2.41. The summed E-state index contributed by atoms with van der Waals surface area (Å²) in [5.41, 5.74) is 9.38. The van der Waals surface area contributed by atoms with Crippen molar-refractivity contribution in [3.63, 3.8) is 0 Å². The molecule has 0 spiro atoms. The Balaban J connectivity index is 1.42. The molecule has 3 aliphatic heterocycles. The second-order valence-electron chi connectivity index (χ2n) is 19.1. The topological polar surface area (TPSA) is 223 Å². The highest BCUT2D eigenvalue weighted by molar-refractivity contribution is 6.12. The summed E-state index contributed by atoms with van der Waals surface area (Å²) in [6.07, 6.45) is 5.52. The Morgan fingerprint density at radius 2 is 1.54 bits per heavy atom. The normalized spacial score (nSPS) is 19.4. The first-order valence-electron chi connectivity index (χ1n) is 24.3. The molecule has 68 heavy (non-hydrogen) atoms. The molecule has 3 aliphatic rings. The highest BCUT2D eigenvalue weighted by Gasteiger charge is 2.44. The van der Waals surface area contributed by atoms with E-state index in [0.717, 1.165) is 12.0 Å². The van der Waals surface area contributed by atoms with Crippen LogP contribution in [0.25, 0.3) is 0 Å². The fraction of sp³-hybridized carbons (Fsp3) is 0.673. The minimum Gasteiger partial charge on any atom is -0.379 e. The lowest BCUT2D eigenvalue weighted by atomic mass is 9.89. The van der Waals surface area contributed by atoms with Crippen LogP contribution >= 0.6 is 0 Å². The Bertz CT molecular complexity index is 1930. The Morgan fingerprint density at radius 1 is 0.868 bits per heavy atom. The number of carbonyl (C=O) groups is 7. The van der Waals surface area contributed by atoms with E-state index < -0.39 is 48.2 Å². The van der Waals surface area contributed by atoms with Gasteiger partial charge in [0.15, 0.2) is 5.84 Å². The Labute approximate surface area is 402 Å². The van der Waals surface area contributed by atoms with E-state index in [1.807, 2.05) is 71.9 Å². The van der Waals surface area contributed by atoms with Crippen LogP contribution in [-0.2, 0) is 49.5 Å². The lowest BCUT2D eigenvalue weighted by molar-refractivity contribution is -0.148. The molecule has 0 saturated carbocycles. The van der Waals surface area contributed by atoms with Crippen LogP contribution in [0.15, 0.2) is 47.6 Å². The van der Waals surface area contributed by atoms with Crippen molar-refractivity contribution in [1.29, 1.82) is 0 Å². The van der Waals surface area contributed by atoms with Crippen LogP contribution in [0.4, 0.5) is 0 Å². The number of hydrazone groups is 1. The maximum atomic E-state index is 14.6. The summed E-state index contributed by atoms with van der Waals surface area (Å²) in [5.74, 6) is -2.94. The third kappa shape index (κ3) is 14.3. The highest BCUT2D eigenvalue weighted by Crippen LogP contribution is 2.30. The number of carbonyl (C=O) groups excluding carboxylic acids is 7. The summed E-state index contributed by atoms with van der Waals surface area (Å²) >= 11 is 0. The number of hydrogen-bond donors (Lipinski definition) is 5. The Hall–Kier alpha value is -5.40. The number of likely N-dealkylation sites (N-methyl/N-ethyl adjacent to an activating group) is 2. The van der Waals surface area contributed by atoms with Gasteiger partial charge in [-0.1, -0.05) is 91.6 Å². The minimum atomic E-state index is -0.947. The molecule has 378 valence electrons. The van der Waals surface area contributed by atoms with E-state index in [0.29, 0.717) is 50.9 Å². The molecule has 1 fully saturated rings. The first-order chi connectivity index (χ1) is 32.4. The first kappa shape index (κ1) is 55.2. The Kier molecular flexibility index (Phi) is 21.4. The molecular weight excluding hydrogens is 873 g/mol. The van der Waals surface area contributed by atoms with E-state index in [1.165, 1.54) is 29.1 Å². The zero-order valence-electron chi connectivity index (χ0n) is 42.1. The summed E-state index contributed by atoms with van der Waals surface area (Å²) < 4.78 is 12.1. The minimum absolute atomic E-state index is 0.0337. The van der Waals surface area contributed by atoms with Gasteiger partial charge in [-0.2, -0.15) is 0 Å². The van der Waals surface area contributed by atoms with Gasteiger partial charge in [0.05, 0.1) is 42.7 Å². The van der Waals surface area contributed by atoms with Crippen molar-refractivity contribution >= 4 is 47.2 Å². The van der Waals surface area contributed by atoms with Crippen LogP contribution in [0.5, 0.6) is 0 Å². The summed E-state index contributed by atoms with van der Waals surface area (Å²) in [6.45, 7) is 14.0. The largest absolute Gasteiger partial charge is 0.379 e. The number of unbranched alkanes of at least 4 members (excludes halogenated alkanes) is 2. The zero-order valence-corrected chi connectivity index (χ0v) is 42.1. The van der Waals surface area contributed by atoms with Gasteiger partial charge in [0.1, 0.15) is 12.1 Å². The van der Waals surface area contributed by atoms with E-state index in [2.05, 4.69) is 32.2 Å². The smallest absolute Gasteiger partial charge is 0.253 e. The highest BCUT2D eigenvalue weighted by atomic mass is 16.5. The molecule has 0 radical (unpaired) electrons. The van der Waals surface area contributed by atoms with Gasteiger partial charge in [-0.25, -0.2) is 5.53 Å². The van der Waals surface area contributed by atoms with Crippen molar-refractivity contribution in [2.75, 3.05) is 41.4 Å². The third-order valence-corrected chi connectivity index (χ3v) is 13.7. The second kappa shape index (κ2) is 26.4.